The molecular weight excluding hydrogens is 322 g/mol. The number of rotatable bonds is 2. The van der Waals surface area contributed by atoms with Crippen molar-refractivity contribution >= 4 is 11.7 Å². The summed E-state index contributed by atoms with van der Waals surface area (Å²) in [5, 5.41) is 9.87. The van der Waals surface area contributed by atoms with Gasteiger partial charge in [-0.05, 0) is 18.6 Å². The van der Waals surface area contributed by atoms with Crippen LogP contribution in [0.25, 0.3) is 0 Å². The molecule has 1 N–H and O–H groups in total. The second-order valence-corrected chi connectivity index (χ2v) is 6.07. The van der Waals surface area contributed by atoms with E-state index in [9.17, 15) is 9.90 Å². The molecule has 2 aromatic rings. The Labute approximate surface area is 145 Å². The molecule has 0 radical (unpaired) electrons. The highest BCUT2D eigenvalue weighted by atomic mass is 16.5. The average Bonchev–Trinajstić information content (AvgIpc) is 2.67. The van der Waals surface area contributed by atoms with Crippen molar-refractivity contribution in [2.24, 2.45) is 0 Å². The predicted octanol–water partition coefficient (Wildman–Crippen LogP) is 0.612. The molecule has 0 unspecified atom stereocenters. The number of carbonyl (C=O) groups excluding carboxylic acids is 1. The van der Waals surface area contributed by atoms with Gasteiger partial charge in [0.15, 0.2) is 5.69 Å². The number of amides is 1. The smallest absolute Gasteiger partial charge is 0.276 e. The molecule has 0 bridgehead atoms. The number of carbonyl (C=O) groups is 1. The van der Waals surface area contributed by atoms with Crippen molar-refractivity contribution in [3.8, 4) is 5.75 Å². The van der Waals surface area contributed by atoms with Gasteiger partial charge in [0.25, 0.3) is 5.91 Å². The second-order valence-electron chi connectivity index (χ2n) is 6.07. The van der Waals surface area contributed by atoms with Gasteiger partial charge in [0.05, 0.1) is 25.5 Å². The number of nitrogens with zero attached hydrogens (tertiary/aromatic N) is 5. The van der Waals surface area contributed by atoms with Gasteiger partial charge < -0.3 is 19.6 Å². The van der Waals surface area contributed by atoms with E-state index in [0.717, 1.165) is 30.2 Å². The van der Waals surface area contributed by atoms with Crippen LogP contribution in [-0.2, 0) is 17.7 Å². The Morgan fingerprint density at radius 1 is 1.16 bits per heavy atom. The van der Waals surface area contributed by atoms with Gasteiger partial charge >= 0.3 is 0 Å². The molecular formula is C17H19N5O3. The zero-order chi connectivity index (χ0) is 17.2. The monoisotopic (exact) mass is 341 g/mol. The van der Waals surface area contributed by atoms with Crippen molar-refractivity contribution in [3.63, 3.8) is 0 Å². The summed E-state index contributed by atoms with van der Waals surface area (Å²) in [6.45, 7) is 3.96. The summed E-state index contributed by atoms with van der Waals surface area (Å²) >= 11 is 0. The lowest BCUT2D eigenvalue weighted by Crippen LogP contribution is -2.40. The number of morpholine rings is 1. The SMILES string of the molecule is O=C(c1ncccc1O)N1CCc2c(ncnc2N2CCOCC2)C1. The van der Waals surface area contributed by atoms with Crippen LogP contribution in [-0.4, -0.2) is 63.7 Å². The van der Waals surface area contributed by atoms with E-state index in [2.05, 4.69) is 19.9 Å². The summed E-state index contributed by atoms with van der Waals surface area (Å²) in [5.74, 6) is 0.561. The fourth-order valence-electron chi connectivity index (χ4n) is 3.27. The lowest BCUT2D eigenvalue weighted by Gasteiger charge is -2.33. The molecule has 8 nitrogen and oxygen atoms in total. The highest BCUT2D eigenvalue weighted by Gasteiger charge is 2.28. The van der Waals surface area contributed by atoms with Crippen LogP contribution < -0.4 is 4.90 Å². The van der Waals surface area contributed by atoms with Gasteiger partial charge in [-0.3, -0.25) is 4.79 Å². The first-order valence-electron chi connectivity index (χ1n) is 8.33. The van der Waals surface area contributed by atoms with E-state index in [4.69, 9.17) is 4.74 Å². The number of pyridine rings is 1. The number of ether oxygens (including phenoxy) is 1. The average molecular weight is 341 g/mol. The van der Waals surface area contributed by atoms with Crippen molar-refractivity contribution in [1.29, 1.82) is 0 Å². The number of aromatic hydroxyl groups is 1. The molecule has 25 heavy (non-hydrogen) atoms. The molecule has 2 aromatic heterocycles. The molecule has 0 atom stereocenters. The Hall–Kier alpha value is -2.74. The Kier molecular flexibility index (Phi) is 4.19. The molecule has 1 saturated heterocycles. The minimum absolute atomic E-state index is 0.0772. The van der Waals surface area contributed by atoms with Crippen LogP contribution in [0.1, 0.15) is 21.7 Å². The maximum atomic E-state index is 12.7. The summed E-state index contributed by atoms with van der Waals surface area (Å²) in [5.41, 5.74) is 2.03. The van der Waals surface area contributed by atoms with Crippen LogP contribution in [0.2, 0.25) is 0 Å². The molecule has 1 amide bonds. The molecule has 0 saturated carbocycles. The number of fused-ring (bicyclic) bond motifs is 1. The van der Waals surface area contributed by atoms with E-state index in [0.29, 0.717) is 32.7 Å². The fraction of sp³-hybridized carbons (Fsp3) is 0.412. The molecule has 1 fully saturated rings. The highest BCUT2D eigenvalue weighted by Crippen LogP contribution is 2.27. The Morgan fingerprint density at radius 2 is 2.00 bits per heavy atom. The highest BCUT2D eigenvalue weighted by molar-refractivity contribution is 5.94. The molecule has 4 heterocycles. The third kappa shape index (κ3) is 3.00. The standard InChI is InChI=1S/C17H19N5O3/c23-14-2-1-4-18-15(14)17(24)22-5-3-12-13(10-22)19-11-20-16(12)21-6-8-25-9-7-21/h1-2,4,11,23H,3,5-10H2. The molecule has 130 valence electrons. The molecule has 0 aromatic carbocycles. The van der Waals surface area contributed by atoms with Crippen molar-refractivity contribution in [3.05, 3.63) is 41.6 Å². The van der Waals surface area contributed by atoms with Gasteiger partial charge in [0.1, 0.15) is 17.9 Å². The van der Waals surface area contributed by atoms with Gasteiger partial charge in [0, 0.05) is 31.4 Å². The van der Waals surface area contributed by atoms with Crippen LogP contribution in [0, 0.1) is 0 Å². The van der Waals surface area contributed by atoms with E-state index >= 15 is 0 Å². The number of hydrogen-bond acceptors (Lipinski definition) is 7. The van der Waals surface area contributed by atoms with Crippen molar-refractivity contribution in [1.82, 2.24) is 19.9 Å². The van der Waals surface area contributed by atoms with Crippen LogP contribution in [0.5, 0.6) is 5.75 Å². The van der Waals surface area contributed by atoms with E-state index in [-0.39, 0.29) is 17.4 Å². The van der Waals surface area contributed by atoms with Crippen LogP contribution in [0.15, 0.2) is 24.7 Å². The number of anilines is 1. The fourth-order valence-corrected chi connectivity index (χ4v) is 3.27. The topological polar surface area (TPSA) is 91.7 Å². The molecule has 2 aliphatic heterocycles. The predicted molar refractivity (Wildman–Crippen MR) is 89.4 cm³/mol. The first-order valence-corrected chi connectivity index (χ1v) is 8.33. The molecule has 0 aliphatic carbocycles. The minimum Gasteiger partial charge on any atom is -0.505 e. The van der Waals surface area contributed by atoms with Crippen LogP contribution in [0.3, 0.4) is 0 Å². The van der Waals surface area contributed by atoms with Crippen molar-refractivity contribution in [2.75, 3.05) is 37.7 Å². The minimum atomic E-state index is -0.282. The largest absolute Gasteiger partial charge is 0.505 e. The zero-order valence-corrected chi connectivity index (χ0v) is 13.8. The molecule has 0 spiro atoms. The number of hydrogen-bond donors (Lipinski definition) is 1. The molecule has 8 heteroatoms. The second kappa shape index (κ2) is 6.64. The van der Waals surface area contributed by atoms with Gasteiger partial charge in [-0.1, -0.05) is 0 Å². The van der Waals surface area contributed by atoms with Crippen molar-refractivity contribution < 1.29 is 14.6 Å². The Balaban J connectivity index is 1.58. The zero-order valence-electron chi connectivity index (χ0n) is 13.8. The van der Waals surface area contributed by atoms with Crippen LogP contribution >= 0.6 is 0 Å². The van der Waals surface area contributed by atoms with Crippen molar-refractivity contribution in [2.45, 2.75) is 13.0 Å². The maximum Gasteiger partial charge on any atom is 0.276 e. The van der Waals surface area contributed by atoms with E-state index < -0.39 is 0 Å². The quantitative estimate of drug-likeness (QED) is 0.856. The van der Waals surface area contributed by atoms with Gasteiger partial charge in [0.2, 0.25) is 0 Å². The lowest BCUT2D eigenvalue weighted by atomic mass is 10.0. The number of aromatic nitrogens is 3. The third-order valence-corrected chi connectivity index (χ3v) is 4.57. The maximum absolute atomic E-state index is 12.7. The first-order chi connectivity index (χ1) is 12.2. The van der Waals surface area contributed by atoms with Gasteiger partial charge in [-0.2, -0.15) is 0 Å². The summed E-state index contributed by atoms with van der Waals surface area (Å²) in [6, 6.07) is 3.07. The van der Waals surface area contributed by atoms with Gasteiger partial charge in [-0.25, -0.2) is 15.0 Å². The summed E-state index contributed by atoms with van der Waals surface area (Å²) in [7, 11) is 0. The van der Waals surface area contributed by atoms with E-state index in [1.54, 1.807) is 17.3 Å². The van der Waals surface area contributed by atoms with E-state index in [1.165, 1.54) is 12.3 Å². The Morgan fingerprint density at radius 3 is 2.80 bits per heavy atom. The van der Waals surface area contributed by atoms with Gasteiger partial charge in [-0.15, -0.1) is 0 Å². The Bertz CT molecular complexity index is 792. The summed E-state index contributed by atoms with van der Waals surface area (Å²) in [4.78, 5) is 29.4. The molecule has 2 aliphatic rings. The lowest BCUT2D eigenvalue weighted by molar-refractivity contribution is 0.0722. The molecule has 4 rings (SSSR count). The first kappa shape index (κ1) is 15.8. The summed E-state index contributed by atoms with van der Waals surface area (Å²) < 4.78 is 5.41. The normalized spacial score (nSPS) is 17.3. The third-order valence-electron chi connectivity index (χ3n) is 4.57. The van der Waals surface area contributed by atoms with E-state index in [1.807, 2.05) is 0 Å². The van der Waals surface area contributed by atoms with Crippen LogP contribution in [0.4, 0.5) is 5.82 Å². The summed E-state index contributed by atoms with van der Waals surface area (Å²) in [6.07, 6.45) is 3.74.